The first-order valence-electron chi connectivity index (χ1n) is 7.43. The fourth-order valence-corrected chi connectivity index (χ4v) is 3.38. The molecule has 0 saturated carbocycles. The van der Waals surface area contributed by atoms with Crippen LogP contribution in [0.5, 0.6) is 11.5 Å². The van der Waals surface area contributed by atoms with Gasteiger partial charge >= 0.3 is 0 Å². The molecule has 0 heterocycles. The number of rotatable bonds is 6. The summed E-state index contributed by atoms with van der Waals surface area (Å²) in [6.45, 7) is 3.51. The van der Waals surface area contributed by atoms with Gasteiger partial charge < -0.3 is 10.1 Å². The summed E-state index contributed by atoms with van der Waals surface area (Å²) in [6, 6.07) is 10.0. The molecule has 0 spiro atoms. The zero-order chi connectivity index (χ0) is 18.6. The maximum Gasteiger partial charge on any atom is 0.238 e. The van der Waals surface area contributed by atoms with Gasteiger partial charge in [0.15, 0.2) is 0 Å². The van der Waals surface area contributed by atoms with Gasteiger partial charge in [0.25, 0.3) is 0 Å². The summed E-state index contributed by atoms with van der Waals surface area (Å²) >= 11 is 1.65. The molecule has 8 heteroatoms. The van der Waals surface area contributed by atoms with Crippen molar-refractivity contribution in [3.63, 3.8) is 0 Å². The number of amides is 1. The Morgan fingerprint density at radius 3 is 2.52 bits per heavy atom. The molecular formula is C17H20N2O4S2. The Hall–Kier alpha value is -2.03. The van der Waals surface area contributed by atoms with Gasteiger partial charge in [-0.1, -0.05) is 0 Å². The summed E-state index contributed by atoms with van der Waals surface area (Å²) in [5.41, 5.74) is 1.60. The highest BCUT2D eigenvalue weighted by Crippen LogP contribution is 2.30. The number of hydrogen-bond acceptors (Lipinski definition) is 5. The highest BCUT2D eigenvalue weighted by atomic mass is 32.2. The lowest BCUT2D eigenvalue weighted by Crippen LogP contribution is -2.20. The van der Waals surface area contributed by atoms with E-state index in [4.69, 9.17) is 9.88 Å². The van der Waals surface area contributed by atoms with Gasteiger partial charge in [-0.05, 0) is 55.1 Å². The van der Waals surface area contributed by atoms with Crippen molar-refractivity contribution in [2.45, 2.75) is 30.2 Å². The molecule has 0 aliphatic heterocycles. The highest BCUT2D eigenvalue weighted by molar-refractivity contribution is 7.98. The molecule has 1 amide bonds. The summed E-state index contributed by atoms with van der Waals surface area (Å²) in [4.78, 5) is 12.3. The second kappa shape index (κ2) is 7.90. The van der Waals surface area contributed by atoms with Crippen molar-refractivity contribution in [1.29, 1.82) is 0 Å². The highest BCUT2D eigenvalue weighted by Gasteiger charge is 2.14. The van der Waals surface area contributed by atoms with Crippen molar-refractivity contribution >= 4 is 27.7 Å². The monoisotopic (exact) mass is 380 g/mol. The van der Waals surface area contributed by atoms with Crippen molar-refractivity contribution in [3.8, 4) is 11.5 Å². The number of carbonyl (C=O) groups excluding carboxylic acids is 1. The van der Waals surface area contributed by atoms with E-state index in [0.29, 0.717) is 17.1 Å². The first-order chi connectivity index (χ1) is 11.7. The van der Waals surface area contributed by atoms with E-state index in [0.717, 1.165) is 10.5 Å². The van der Waals surface area contributed by atoms with E-state index in [-0.39, 0.29) is 17.3 Å². The molecular weight excluding hydrogens is 360 g/mol. The van der Waals surface area contributed by atoms with Crippen LogP contribution in [0, 0.1) is 6.92 Å². The maximum absolute atomic E-state index is 11.6. The van der Waals surface area contributed by atoms with Crippen LogP contribution in [0.1, 0.15) is 18.1 Å². The van der Waals surface area contributed by atoms with E-state index in [1.807, 2.05) is 31.4 Å². The molecule has 0 bridgehead atoms. The Kier molecular flexibility index (Phi) is 6.10. The smallest absolute Gasteiger partial charge is 0.238 e. The predicted octanol–water partition coefficient (Wildman–Crippen LogP) is 2.79. The van der Waals surface area contributed by atoms with Gasteiger partial charge in [0, 0.05) is 23.9 Å². The summed E-state index contributed by atoms with van der Waals surface area (Å²) in [6.07, 6.45) is 2.00. The van der Waals surface area contributed by atoms with E-state index in [1.54, 1.807) is 11.8 Å². The van der Waals surface area contributed by atoms with Gasteiger partial charge in [0.2, 0.25) is 15.9 Å². The van der Waals surface area contributed by atoms with Gasteiger partial charge in [-0.3, -0.25) is 4.79 Å². The van der Waals surface area contributed by atoms with E-state index in [1.165, 1.54) is 25.1 Å². The van der Waals surface area contributed by atoms with Crippen LogP contribution in [-0.4, -0.2) is 20.6 Å². The first kappa shape index (κ1) is 19.3. The second-order valence-electron chi connectivity index (χ2n) is 5.46. The van der Waals surface area contributed by atoms with Gasteiger partial charge in [-0.25, -0.2) is 13.6 Å². The lowest BCUT2D eigenvalue weighted by molar-refractivity contribution is -0.119. The number of carbonyl (C=O) groups is 1. The zero-order valence-electron chi connectivity index (χ0n) is 14.2. The van der Waals surface area contributed by atoms with E-state index >= 15 is 0 Å². The van der Waals surface area contributed by atoms with Gasteiger partial charge in [-0.2, -0.15) is 0 Å². The molecule has 0 aliphatic rings. The molecule has 2 rings (SSSR count). The van der Waals surface area contributed by atoms with Crippen LogP contribution in [0.15, 0.2) is 46.2 Å². The lowest BCUT2D eigenvalue weighted by atomic mass is 10.2. The van der Waals surface area contributed by atoms with E-state index in [2.05, 4.69) is 5.32 Å². The molecule has 0 aliphatic carbocycles. The molecule has 0 unspecified atom stereocenters. The number of aryl methyl sites for hydroxylation is 1. The van der Waals surface area contributed by atoms with Gasteiger partial charge in [-0.15, -0.1) is 11.8 Å². The number of benzene rings is 2. The van der Waals surface area contributed by atoms with E-state index in [9.17, 15) is 13.2 Å². The fourth-order valence-electron chi connectivity index (χ4n) is 2.23. The summed E-state index contributed by atoms with van der Waals surface area (Å²) in [5.74, 6) is 0.854. The van der Waals surface area contributed by atoms with Crippen molar-refractivity contribution in [2.24, 2.45) is 5.14 Å². The van der Waals surface area contributed by atoms with Crippen LogP contribution in [-0.2, 0) is 21.4 Å². The second-order valence-corrected chi connectivity index (χ2v) is 7.87. The topological polar surface area (TPSA) is 98.5 Å². The number of primary sulfonamides is 1. The van der Waals surface area contributed by atoms with Crippen molar-refractivity contribution in [1.82, 2.24) is 5.32 Å². The molecule has 0 atom stereocenters. The van der Waals surface area contributed by atoms with E-state index < -0.39 is 10.0 Å². The van der Waals surface area contributed by atoms with Crippen LogP contribution in [0.4, 0.5) is 0 Å². The number of nitrogens with one attached hydrogen (secondary N) is 1. The molecule has 2 aromatic carbocycles. The molecule has 0 saturated heterocycles. The predicted molar refractivity (Wildman–Crippen MR) is 98.4 cm³/mol. The van der Waals surface area contributed by atoms with Crippen molar-refractivity contribution in [2.75, 3.05) is 6.26 Å². The van der Waals surface area contributed by atoms with Crippen molar-refractivity contribution in [3.05, 3.63) is 47.5 Å². The third kappa shape index (κ3) is 5.22. The minimum atomic E-state index is -3.84. The molecule has 0 aromatic heterocycles. The van der Waals surface area contributed by atoms with Crippen LogP contribution in [0.2, 0.25) is 0 Å². The largest absolute Gasteiger partial charge is 0.457 e. The Labute approximate surface area is 151 Å². The molecule has 6 nitrogen and oxygen atoms in total. The van der Waals surface area contributed by atoms with Crippen LogP contribution in [0.3, 0.4) is 0 Å². The van der Waals surface area contributed by atoms with Gasteiger partial charge in [0.05, 0.1) is 4.90 Å². The quantitative estimate of drug-likeness (QED) is 0.751. The first-order valence-corrected chi connectivity index (χ1v) is 10.2. The van der Waals surface area contributed by atoms with Crippen molar-refractivity contribution < 1.29 is 17.9 Å². The molecule has 3 N–H and O–H groups in total. The van der Waals surface area contributed by atoms with Crippen LogP contribution in [0.25, 0.3) is 0 Å². The number of sulfonamides is 1. The molecule has 2 aromatic rings. The fraction of sp³-hybridized carbons (Fsp3) is 0.235. The number of ether oxygens (including phenoxy) is 1. The van der Waals surface area contributed by atoms with Crippen LogP contribution >= 0.6 is 11.8 Å². The maximum atomic E-state index is 11.6. The molecule has 0 fully saturated rings. The standard InChI is InChI=1S/C17H20N2O4S2/c1-11-8-14(4-7-17(11)24-3)23-16-6-5-15(25(18,21)22)9-13(16)10-19-12(2)20/h4-9H,10H2,1-3H3,(H,19,20)(H2,18,21,22). The summed E-state index contributed by atoms with van der Waals surface area (Å²) in [7, 11) is -3.84. The normalized spacial score (nSPS) is 11.2. The SMILES string of the molecule is CSc1ccc(Oc2ccc(S(N)(=O)=O)cc2CNC(C)=O)cc1C. The number of thioether (sulfide) groups is 1. The summed E-state index contributed by atoms with van der Waals surface area (Å²) < 4.78 is 29.0. The Morgan fingerprint density at radius 1 is 1.24 bits per heavy atom. The Balaban J connectivity index is 2.38. The van der Waals surface area contributed by atoms with Gasteiger partial charge in [0.1, 0.15) is 11.5 Å². The molecule has 25 heavy (non-hydrogen) atoms. The van der Waals surface area contributed by atoms with Crippen LogP contribution < -0.4 is 15.2 Å². The average Bonchev–Trinajstić information content (AvgIpc) is 2.53. The zero-order valence-corrected chi connectivity index (χ0v) is 15.8. The average molecular weight is 380 g/mol. The molecule has 134 valence electrons. The Morgan fingerprint density at radius 2 is 1.96 bits per heavy atom. The summed E-state index contributed by atoms with van der Waals surface area (Å²) in [5, 5.41) is 7.82. The third-order valence-corrected chi connectivity index (χ3v) is 5.29. The number of hydrogen-bond donors (Lipinski definition) is 2. The molecule has 0 radical (unpaired) electrons. The minimum absolute atomic E-state index is 0.0332. The number of nitrogens with two attached hydrogens (primary N) is 1. The third-order valence-electron chi connectivity index (χ3n) is 3.48. The minimum Gasteiger partial charge on any atom is -0.457 e. The lowest BCUT2D eigenvalue weighted by Gasteiger charge is -2.14. The Bertz CT molecular complexity index is 896.